The average molecular weight is 689 g/mol. The van der Waals surface area contributed by atoms with E-state index in [4.69, 9.17) is 14.2 Å². The third kappa shape index (κ3) is 9.78. The largest absolute Gasteiger partial charge is 0.494 e. The van der Waals surface area contributed by atoms with Crippen LogP contribution >= 0.6 is 11.3 Å². The number of aromatic nitrogens is 2. The summed E-state index contributed by atoms with van der Waals surface area (Å²) in [7, 11) is -0.714. The highest BCUT2D eigenvalue weighted by Gasteiger charge is 2.29. The summed E-state index contributed by atoms with van der Waals surface area (Å²) >= 11 is 1.27. The van der Waals surface area contributed by atoms with Crippen molar-refractivity contribution in [2.45, 2.75) is 70.4 Å². The number of nitrogens with zero attached hydrogens (tertiary/aromatic N) is 3. The van der Waals surface area contributed by atoms with Crippen molar-refractivity contribution < 1.29 is 32.2 Å². The van der Waals surface area contributed by atoms with E-state index in [9.17, 15) is 18.0 Å². The summed E-state index contributed by atoms with van der Waals surface area (Å²) in [6.07, 6.45) is 3.53. The fourth-order valence-corrected chi connectivity index (χ4v) is 7.53. The van der Waals surface area contributed by atoms with E-state index in [0.717, 1.165) is 5.69 Å². The molecule has 256 valence electrons. The van der Waals surface area contributed by atoms with Crippen molar-refractivity contribution in [1.82, 2.24) is 19.6 Å². The van der Waals surface area contributed by atoms with E-state index < -0.39 is 27.3 Å². The van der Waals surface area contributed by atoms with E-state index in [-0.39, 0.29) is 29.2 Å². The number of ether oxygens (including phenoxy) is 3. The molecule has 3 aromatic rings. The van der Waals surface area contributed by atoms with E-state index >= 15 is 0 Å². The molecule has 1 fully saturated rings. The summed E-state index contributed by atoms with van der Waals surface area (Å²) in [5.74, 6) is 0.600. The summed E-state index contributed by atoms with van der Waals surface area (Å²) in [5.41, 5.74) is 0.633. The van der Waals surface area contributed by atoms with E-state index in [0.29, 0.717) is 52.8 Å². The zero-order valence-electron chi connectivity index (χ0n) is 28.1. The highest BCUT2D eigenvalue weighted by atomic mass is 32.2. The van der Waals surface area contributed by atoms with Gasteiger partial charge in [0.05, 0.1) is 35.4 Å². The van der Waals surface area contributed by atoms with Crippen LogP contribution in [-0.4, -0.2) is 80.5 Å². The van der Waals surface area contributed by atoms with Crippen LogP contribution in [0.4, 0.5) is 21.0 Å². The molecule has 0 aliphatic carbocycles. The van der Waals surface area contributed by atoms with Crippen LogP contribution < -0.4 is 20.1 Å². The molecule has 13 nitrogen and oxygen atoms in total. The lowest BCUT2D eigenvalue weighted by atomic mass is 9.98. The van der Waals surface area contributed by atoms with Gasteiger partial charge in [-0.05, 0) is 72.4 Å². The lowest BCUT2D eigenvalue weighted by Gasteiger charge is -2.33. The molecule has 1 saturated heterocycles. The van der Waals surface area contributed by atoms with Gasteiger partial charge in [0.2, 0.25) is 10.0 Å². The van der Waals surface area contributed by atoms with Crippen molar-refractivity contribution in [2.24, 2.45) is 5.92 Å². The van der Waals surface area contributed by atoms with Gasteiger partial charge < -0.3 is 24.4 Å². The van der Waals surface area contributed by atoms with Crippen LogP contribution in [-0.2, 0) is 19.5 Å². The van der Waals surface area contributed by atoms with Crippen LogP contribution in [0.15, 0.2) is 41.6 Å². The molecule has 1 aliphatic heterocycles. The zero-order chi connectivity index (χ0) is 34.6. The Morgan fingerprint density at radius 3 is 2.34 bits per heavy atom. The van der Waals surface area contributed by atoms with Gasteiger partial charge in [-0.1, -0.05) is 6.07 Å². The van der Waals surface area contributed by atoms with Gasteiger partial charge in [0.25, 0.3) is 0 Å². The molecule has 47 heavy (non-hydrogen) atoms. The maximum atomic E-state index is 13.7. The molecule has 0 radical (unpaired) electrons. The van der Waals surface area contributed by atoms with Gasteiger partial charge in [-0.25, -0.2) is 32.7 Å². The van der Waals surface area contributed by atoms with Crippen molar-refractivity contribution in [2.75, 3.05) is 44.5 Å². The average Bonchev–Trinajstić information content (AvgIpc) is 3.48. The number of carbonyl (C=O) groups excluding carboxylic acids is 2. The summed E-state index contributed by atoms with van der Waals surface area (Å²) in [6.45, 7) is 11.9. The number of methoxy groups -OCH3 is 1. The first-order valence-electron chi connectivity index (χ1n) is 15.3. The molecule has 2 amide bonds. The van der Waals surface area contributed by atoms with Crippen molar-refractivity contribution >= 4 is 44.9 Å². The third-order valence-corrected chi connectivity index (χ3v) is 9.84. The molecule has 0 atom stereocenters. The zero-order valence-corrected chi connectivity index (χ0v) is 29.7. The predicted molar refractivity (Wildman–Crippen MR) is 182 cm³/mol. The van der Waals surface area contributed by atoms with Crippen LogP contribution in [0.1, 0.15) is 54.4 Å². The molecule has 0 bridgehead atoms. The molecule has 1 aromatic carbocycles. The molecule has 3 heterocycles. The topological polar surface area (TPSA) is 161 Å². The highest BCUT2D eigenvalue weighted by molar-refractivity contribution is 7.89. The van der Waals surface area contributed by atoms with E-state index in [1.165, 1.54) is 17.4 Å². The number of likely N-dealkylation sites (tertiary alicyclic amines) is 1. The highest BCUT2D eigenvalue weighted by Crippen LogP contribution is 2.39. The number of pyridine rings is 1. The Morgan fingerprint density at radius 2 is 1.72 bits per heavy atom. The molecule has 4 rings (SSSR count). The normalized spacial score (nSPS) is 14.4. The summed E-state index contributed by atoms with van der Waals surface area (Å²) < 4.78 is 46.5. The van der Waals surface area contributed by atoms with E-state index in [1.54, 1.807) is 70.4 Å². The predicted octanol–water partition coefficient (Wildman–Crippen LogP) is 6.19. The Bertz CT molecular complexity index is 1690. The molecular formula is C32H44N6O7S2. The molecular weight excluding hydrogens is 645 g/mol. The number of nitrogens with one attached hydrogen (secondary N) is 3. The van der Waals surface area contributed by atoms with Gasteiger partial charge in [-0.3, -0.25) is 5.32 Å². The summed E-state index contributed by atoms with van der Waals surface area (Å²) in [6, 6.07) is 6.46. The minimum Gasteiger partial charge on any atom is -0.494 e. The molecule has 0 unspecified atom stereocenters. The van der Waals surface area contributed by atoms with Crippen molar-refractivity contribution in [3.05, 3.63) is 36.7 Å². The number of piperidine rings is 1. The second kappa shape index (κ2) is 14.4. The van der Waals surface area contributed by atoms with Gasteiger partial charge in [-0.15, -0.1) is 11.3 Å². The standard InChI is InChI=1S/C32H44N6O7S2/c1-31(2,3)37-47(41,42)26-16-21(36-29(39)44-19-20-11-13-38(14-12-20)30(40)45-32(4,5)6)9-10-23(26)25-18-35-28(46-25)27-24(43-8)15-22(33-7)17-34-27/h9-10,15-18,20,33,37H,11-14,19H2,1-8H3,(H,36,39). The lowest BCUT2D eigenvalue weighted by Crippen LogP contribution is -2.42. The van der Waals surface area contributed by atoms with E-state index in [1.807, 2.05) is 20.8 Å². The number of anilines is 2. The molecule has 1 aliphatic rings. The number of rotatable bonds is 9. The van der Waals surface area contributed by atoms with Crippen molar-refractivity contribution in [3.63, 3.8) is 0 Å². The number of sulfonamides is 1. The van der Waals surface area contributed by atoms with Gasteiger partial charge >= 0.3 is 12.2 Å². The maximum Gasteiger partial charge on any atom is 0.411 e. The first kappa shape index (κ1) is 35.9. The SMILES string of the molecule is CNc1cnc(-c2ncc(-c3ccc(NC(=O)OCC4CCN(C(=O)OC(C)(C)C)CC4)cc3S(=O)(=O)NC(C)(C)C)s2)c(OC)c1. The van der Waals surface area contributed by atoms with Crippen molar-refractivity contribution in [3.8, 4) is 26.9 Å². The van der Waals surface area contributed by atoms with Crippen LogP contribution in [0.2, 0.25) is 0 Å². The number of hydrogen-bond acceptors (Lipinski definition) is 11. The molecule has 2 aromatic heterocycles. The maximum absolute atomic E-state index is 13.7. The number of thiazole rings is 1. The minimum atomic E-state index is -4.04. The van der Waals surface area contributed by atoms with Crippen molar-refractivity contribution in [1.29, 1.82) is 0 Å². The second-order valence-electron chi connectivity index (χ2n) is 13.3. The number of benzene rings is 1. The first-order valence-corrected chi connectivity index (χ1v) is 17.6. The first-order chi connectivity index (χ1) is 22.0. The van der Waals surface area contributed by atoms with E-state index in [2.05, 4.69) is 25.3 Å². The Labute approximate surface area is 280 Å². The Balaban J connectivity index is 1.50. The Kier molecular flexibility index (Phi) is 11.0. The molecule has 3 N–H and O–H groups in total. The fourth-order valence-electron chi connectivity index (χ4n) is 4.85. The monoisotopic (exact) mass is 688 g/mol. The van der Waals surface area contributed by atoms with Gasteiger partial charge in [0, 0.05) is 49.2 Å². The lowest BCUT2D eigenvalue weighted by molar-refractivity contribution is 0.0152. The second-order valence-corrected chi connectivity index (χ2v) is 15.9. The minimum absolute atomic E-state index is 0.0274. The smallest absolute Gasteiger partial charge is 0.411 e. The number of hydrogen-bond donors (Lipinski definition) is 3. The van der Waals surface area contributed by atoms with Crippen LogP contribution in [0, 0.1) is 5.92 Å². The van der Waals surface area contributed by atoms with Crippen LogP contribution in [0.3, 0.4) is 0 Å². The summed E-state index contributed by atoms with van der Waals surface area (Å²) in [5, 5.41) is 6.23. The third-order valence-electron chi connectivity index (χ3n) is 7.01. The van der Waals surface area contributed by atoms with Gasteiger partial charge in [-0.2, -0.15) is 0 Å². The Morgan fingerprint density at radius 1 is 1.02 bits per heavy atom. The van der Waals surface area contributed by atoms with Gasteiger partial charge in [0.15, 0.2) is 0 Å². The van der Waals surface area contributed by atoms with Crippen LogP contribution in [0.5, 0.6) is 5.75 Å². The summed E-state index contributed by atoms with van der Waals surface area (Å²) in [4.78, 5) is 36.3. The Hall–Kier alpha value is -3.95. The number of carbonyl (C=O) groups is 2. The molecule has 15 heteroatoms. The molecule has 0 spiro atoms. The quantitative estimate of drug-likeness (QED) is 0.236. The van der Waals surface area contributed by atoms with Gasteiger partial charge in [0.1, 0.15) is 22.1 Å². The fraction of sp³-hybridized carbons (Fsp3) is 0.500. The van der Waals surface area contributed by atoms with Crippen LogP contribution in [0.25, 0.3) is 21.1 Å². The molecule has 0 saturated carbocycles. The number of amides is 2.